The Balaban J connectivity index is 1.52. The summed E-state index contributed by atoms with van der Waals surface area (Å²) in [4.78, 5) is 24.4. The lowest BCUT2D eigenvalue weighted by atomic mass is 10.0. The first kappa shape index (κ1) is 25.5. The van der Waals surface area contributed by atoms with E-state index in [2.05, 4.69) is 9.97 Å². The predicted octanol–water partition coefficient (Wildman–Crippen LogP) is 5.42. The van der Waals surface area contributed by atoms with Gasteiger partial charge in [-0.25, -0.2) is 9.97 Å². The molecule has 1 aromatic carbocycles. The van der Waals surface area contributed by atoms with E-state index >= 15 is 0 Å². The Morgan fingerprint density at radius 2 is 2.00 bits per heavy atom. The van der Waals surface area contributed by atoms with Gasteiger partial charge in [0.15, 0.2) is 5.90 Å². The molecule has 0 radical (unpaired) electrons. The first-order chi connectivity index (χ1) is 17.4. The number of likely N-dealkylation sites (tertiary alicyclic amines) is 1. The average Bonchev–Trinajstić information content (AvgIpc) is 3.53. The van der Waals surface area contributed by atoms with Crippen molar-refractivity contribution in [2.75, 3.05) is 13.2 Å². The molecule has 188 valence electrons. The molecule has 36 heavy (non-hydrogen) atoms. The van der Waals surface area contributed by atoms with Gasteiger partial charge >= 0.3 is 0 Å². The first-order valence-electron chi connectivity index (χ1n) is 12.1. The van der Waals surface area contributed by atoms with Gasteiger partial charge in [-0.15, -0.1) is 11.3 Å². The molecule has 9 heteroatoms. The number of aryl methyl sites for hydroxylation is 1. The molecule has 1 aliphatic rings. The van der Waals surface area contributed by atoms with Gasteiger partial charge in [-0.2, -0.15) is 0 Å². The van der Waals surface area contributed by atoms with Gasteiger partial charge in [0.05, 0.1) is 12.6 Å². The Morgan fingerprint density at radius 1 is 1.22 bits per heavy atom. The SMILES string of the molecule is CCOc1cc(C(=O)N2CCCC2c2nc(C)cs2)cc(C(=N)OC(=N)C(C)Cc2ccccc2)n1. The van der Waals surface area contributed by atoms with Crippen LogP contribution in [0.4, 0.5) is 0 Å². The minimum absolute atomic E-state index is 0.0286. The van der Waals surface area contributed by atoms with Crippen molar-refractivity contribution in [3.63, 3.8) is 0 Å². The van der Waals surface area contributed by atoms with Crippen LogP contribution in [0.3, 0.4) is 0 Å². The lowest BCUT2D eigenvalue weighted by Crippen LogP contribution is -2.31. The number of carbonyl (C=O) groups excluding carboxylic acids is 1. The third-order valence-corrected chi connectivity index (χ3v) is 7.12. The molecule has 2 unspecified atom stereocenters. The molecule has 8 nitrogen and oxygen atoms in total. The van der Waals surface area contributed by atoms with Gasteiger partial charge in [-0.1, -0.05) is 37.3 Å². The lowest BCUT2D eigenvalue weighted by molar-refractivity contribution is 0.0734. The fourth-order valence-corrected chi connectivity index (χ4v) is 5.19. The minimum Gasteiger partial charge on any atom is -0.478 e. The summed E-state index contributed by atoms with van der Waals surface area (Å²) < 4.78 is 11.2. The summed E-state index contributed by atoms with van der Waals surface area (Å²) in [5.41, 5.74) is 2.57. The van der Waals surface area contributed by atoms with Crippen molar-refractivity contribution in [1.82, 2.24) is 14.9 Å². The molecule has 0 aliphatic carbocycles. The van der Waals surface area contributed by atoms with Gasteiger partial charge in [0.2, 0.25) is 11.8 Å². The Kier molecular flexibility index (Phi) is 8.10. The third-order valence-electron chi connectivity index (χ3n) is 6.05. The fraction of sp³-hybridized carbons (Fsp3) is 0.370. The Morgan fingerprint density at radius 3 is 2.69 bits per heavy atom. The summed E-state index contributed by atoms with van der Waals surface area (Å²) in [5, 5.41) is 19.8. The van der Waals surface area contributed by atoms with Crippen LogP contribution in [0.5, 0.6) is 5.88 Å². The molecule has 1 fully saturated rings. The number of nitrogens with zero attached hydrogens (tertiary/aromatic N) is 3. The van der Waals surface area contributed by atoms with Crippen molar-refractivity contribution in [1.29, 1.82) is 10.8 Å². The van der Waals surface area contributed by atoms with E-state index in [-0.39, 0.29) is 41.2 Å². The van der Waals surface area contributed by atoms with E-state index in [1.165, 1.54) is 0 Å². The highest BCUT2D eigenvalue weighted by Crippen LogP contribution is 2.35. The number of pyridine rings is 1. The normalized spacial score (nSPS) is 16.0. The van der Waals surface area contributed by atoms with E-state index in [1.807, 2.05) is 61.4 Å². The summed E-state index contributed by atoms with van der Waals surface area (Å²) in [6, 6.07) is 12.9. The van der Waals surface area contributed by atoms with E-state index in [4.69, 9.17) is 20.3 Å². The van der Waals surface area contributed by atoms with Crippen molar-refractivity contribution in [2.24, 2.45) is 5.92 Å². The van der Waals surface area contributed by atoms with Crippen molar-refractivity contribution in [2.45, 2.75) is 46.1 Å². The number of thiazole rings is 1. The highest BCUT2D eigenvalue weighted by Gasteiger charge is 2.33. The molecule has 0 saturated carbocycles. The second-order valence-corrected chi connectivity index (χ2v) is 9.77. The van der Waals surface area contributed by atoms with Gasteiger partial charge in [-0.3, -0.25) is 15.6 Å². The summed E-state index contributed by atoms with van der Waals surface area (Å²) in [5.74, 6) is -0.453. The van der Waals surface area contributed by atoms with Crippen LogP contribution >= 0.6 is 11.3 Å². The molecule has 1 saturated heterocycles. The molecule has 0 bridgehead atoms. The van der Waals surface area contributed by atoms with Crippen LogP contribution in [-0.4, -0.2) is 45.7 Å². The number of hydrogen-bond donors (Lipinski definition) is 2. The van der Waals surface area contributed by atoms with Crippen LogP contribution < -0.4 is 4.74 Å². The predicted molar refractivity (Wildman–Crippen MR) is 140 cm³/mol. The maximum atomic E-state index is 13.6. The van der Waals surface area contributed by atoms with Crippen LogP contribution in [0.15, 0.2) is 47.8 Å². The number of benzene rings is 1. The second-order valence-electron chi connectivity index (χ2n) is 8.88. The number of aromatic nitrogens is 2. The Bertz CT molecular complexity index is 1240. The maximum Gasteiger partial charge on any atom is 0.254 e. The smallest absolute Gasteiger partial charge is 0.254 e. The number of ether oxygens (including phenoxy) is 2. The molecule has 3 heterocycles. The maximum absolute atomic E-state index is 13.6. The van der Waals surface area contributed by atoms with Crippen LogP contribution in [0.2, 0.25) is 0 Å². The largest absolute Gasteiger partial charge is 0.478 e. The molecule has 0 spiro atoms. The zero-order chi connectivity index (χ0) is 25.7. The van der Waals surface area contributed by atoms with Crippen LogP contribution in [0.25, 0.3) is 0 Å². The number of hydrogen-bond acceptors (Lipinski definition) is 8. The van der Waals surface area contributed by atoms with Gasteiger partial charge < -0.3 is 14.4 Å². The highest BCUT2D eigenvalue weighted by atomic mass is 32.1. The van der Waals surface area contributed by atoms with Crippen molar-refractivity contribution in [3.05, 3.63) is 75.4 Å². The summed E-state index contributed by atoms with van der Waals surface area (Å²) in [7, 11) is 0. The molecule has 1 aliphatic heterocycles. The summed E-state index contributed by atoms with van der Waals surface area (Å²) in [6.07, 6.45) is 2.39. The Labute approximate surface area is 215 Å². The molecule has 2 aromatic heterocycles. The van der Waals surface area contributed by atoms with E-state index in [0.29, 0.717) is 25.1 Å². The van der Waals surface area contributed by atoms with Crippen molar-refractivity contribution in [3.8, 4) is 5.88 Å². The standard InChI is InChI=1S/C27H31N5O3S/c1-4-34-23-15-20(27(33)32-12-8-11-22(32)26-30-18(3)16-36-26)14-21(31-23)25(29)35-24(28)17(2)13-19-9-6-5-7-10-19/h5-7,9-10,14-17,22,28-29H,4,8,11-13H2,1-3H3. The molecular formula is C27H31N5O3S. The number of amides is 1. The second kappa shape index (κ2) is 11.4. The van der Waals surface area contributed by atoms with Gasteiger partial charge in [0, 0.05) is 35.2 Å². The van der Waals surface area contributed by atoms with Gasteiger partial charge in [-0.05, 0) is 44.7 Å². The van der Waals surface area contributed by atoms with E-state index in [0.717, 1.165) is 29.1 Å². The quantitative estimate of drug-likeness (QED) is 0.314. The first-order valence-corrected chi connectivity index (χ1v) is 13.0. The van der Waals surface area contributed by atoms with E-state index in [9.17, 15) is 4.79 Å². The third kappa shape index (κ3) is 5.96. The monoisotopic (exact) mass is 505 g/mol. The molecule has 1 amide bonds. The van der Waals surface area contributed by atoms with Crippen LogP contribution in [0, 0.1) is 23.7 Å². The fourth-order valence-electron chi connectivity index (χ4n) is 4.25. The molecule has 3 aromatic rings. The Hall–Kier alpha value is -3.59. The molecule has 2 atom stereocenters. The van der Waals surface area contributed by atoms with E-state index in [1.54, 1.807) is 23.5 Å². The van der Waals surface area contributed by atoms with Gasteiger partial charge in [0.25, 0.3) is 5.91 Å². The summed E-state index contributed by atoms with van der Waals surface area (Å²) >= 11 is 1.57. The van der Waals surface area contributed by atoms with Gasteiger partial charge in [0.1, 0.15) is 10.7 Å². The van der Waals surface area contributed by atoms with Crippen molar-refractivity contribution >= 4 is 29.0 Å². The highest BCUT2D eigenvalue weighted by molar-refractivity contribution is 7.09. The molecular weight excluding hydrogens is 474 g/mol. The summed E-state index contributed by atoms with van der Waals surface area (Å²) in [6.45, 7) is 6.68. The zero-order valence-electron chi connectivity index (χ0n) is 20.8. The number of carbonyl (C=O) groups is 1. The number of rotatable bonds is 8. The lowest BCUT2D eigenvalue weighted by Gasteiger charge is -2.23. The minimum atomic E-state index is -0.288. The van der Waals surface area contributed by atoms with Crippen LogP contribution in [-0.2, 0) is 11.2 Å². The zero-order valence-corrected chi connectivity index (χ0v) is 21.6. The van der Waals surface area contributed by atoms with E-state index < -0.39 is 0 Å². The van der Waals surface area contributed by atoms with Crippen LogP contribution in [0.1, 0.15) is 65.0 Å². The molecule has 4 rings (SSSR count). The number of nitrogens with one attached hydrogen (secondary N) is 2. The topological polar surface area (TPSA) is 112 Å². The van der Waals surface area contributed by atoms with Crippen molar-refractivity contribution < 1.29 is 14.3 Å². The molecule has 2 N–H and O–H groups in total. The average molecular weight is 506 g/mol.